The first kappa shape index (κ1) is 14.9. The molecule has 2 unspecified atom stereocenters. The summed E-state index contributed by atoms with van der Waals surface area (Å²) in [6, 6.07) is 9.31. The Morgan fingerprint density at radius 1 is 1.33 bits per heavy atom. The first-order valence-electron chi connectivity index (χ1n) is 6.67. The normalized spacial score (nSPS) is 13.2. The number of hydrogen-bond acceptors (Lipinski definition) is 4. The Kier molecular flexibility index (Phi) is 4.85. The summed E-state index contributed by atoms with van der Waals surface area (Å²) in [6.07, 6.45) is 3.50. The molecule has 2 atom stereocenters. The number of nitrogens with zero attached hydrogens (tertiary/aromatic N) is 2. The quantitative estimate of drug-likeness (QED) is 0.916. The molecule has 0 bridgehead atoms. The molecule has 4 nitrogen and oxygen atoms in total. The predicted molar refractivity (Wildman–Crippen MR) is 77.0 cm³/mol. The van der Waals surface area contributed by atoms with Crippen molar-refractivity contribution >= 4 is 0 Å². The van der Waals surface area contributed by atoms with E-state index >= 15 is 0 Å². The maximum absolute atomic E-state index is 14.0. The zero-order valence-electron chi connectivity index (χ0n) is 11.7. The number of rotatable bonds is 5. The van der Waals surface area contributed by atoms with Gasteiger partial charge < -0.3 is 10.5 Å². The number of ether oxygens (including phenoxy) is 1. The van der Waals surface area contributed by atoms with E-state index in [1.165, 1.54) is 12.1 Å². The van der Waals surface area contributed by atoms with Gasteiger partial charge in [0.1, 0.15) is 6.10 Å². The summed E-state index contributed by atoms with van der Waals surface area (Å²) in [6.45, 7) is 1.94. The number of nitrogens with two attached hydrogens (primary N) is 1. The van der Waals surface area contributed by atoms with Crippen molar-refractivity contribution in [3.63, 3.8) is 0 Å². The van der Waals surface area contributed by atoms with E-state index in [1.807, 2.05) is 13.0 Å². The molecule has 2 N–H and O–H groups in total. The van der Waals surface area contributed by atoms with Crippen LogP contribution in [0.25, 0.3) is 0 Å². The van der Waals surface area contributed by atoms with Gasteiger partial charge in [-0.2, -0.15) is 5.26 Å². The highest BCUT2D eigenvalue weighted by Crippen LogP contribution is 2.27. The fraction of sp³-hybridized carbons (Fsp3) is 0.250. The molecule has 0 amide bonds. The Bertz CT molecular complexity index is 640. The summed E-state index contributed by atoms with van der Waals surface area (Å²) in [5.41, 5.74) is 7.17. The van der Waals surface area contributed by atoms with E-state index in [0.29, 0.717) is 6.42 Å². The van der Waals surface area contributed by atoms with Crippen LogP contribution >= 0.6 is 0 Å². The second-order valence-electron chi connectivity index (χ2n) is 4.65. The zero-order chi connectivity index (χ0) is 15.2. The molecule has 21 heavy (non-hydrogen) atoms. The molecule has 1 aromatic carbocycles. The van der Waals surface area contributed by atoms with Crippen LogP contribution < -0.4 is 10.5 Å². The van der Waals surface area contributed by atoms with Gasteiger partial charge in [-0.05, 0) is 42.3 Å². The topological polar surface area (TPSA) is 71.9 Å². The van der Waals surface area contributed by atoms with E-state index < -0.39 is 11.9 Å². The molecule has 0 spiro atoms. The summed E-state index contributed by atoms with van der Waals surface area (Å²) >= 11 is 0. The highest BCUT2D eigenvalue weighted by atomic mass is 19.1. The molecular weight excluding hydrogens is 269 g/mol. The number of benzene rings is 1. The van der Waals surface area contributed by atoms with Crippen molar-refractivity contribution < 1.29 is 9.13 Å². The maximum atomic E-state index is 14.0. The molecule has 1 aromatic heterocycles. The maximum Gasteiger partial charge on any atom is 0.166 e. The average molecular weight is 285 g/mol. The van der Waals surface area contributed by atoms with E-state index in [-0.39, 0.29) is 17.4 Å². The van der Waals surface area contributed by atoms with Gasteiger partial charge in [0.05, 0.1) is 11.6 Å². The van der Waals surface area contributed by atoms with Crippen molar-refractivity contribution in [3.8, 4) is 11.8 Å². The molecule has 2 rings (SSSR count). The molecule has 0 saturated heterocycles. The Morgan fingerprint density at radius 3 is 2.62 bits per heavy atom. The number of halogens is 1. The van der Waals surface area contributed by atoms with Crippen LogP contribution in [0, 0.1) is 17.1 Å². The minimum atomic E-state index is -0.573. The molecule has 0 fully saturated rings. The lowest BCUT2D eigenvalue weighted by Gasteiger charge is -2.24. The Hall–Kier alpha value is -2.45. The van der Waals surface area contributed by atoms with Gasteiger partial charge in [-0.15, -0.1) is 0 Å². The standard InChI is InChI=1S/C16H16FN3O/c1-2-14(19)16(12-5-7-20-8-6-12)21-15-4-3-11(10-18)9-13(15)17/h3-9,14,16H,2,19H2,1H3. The molecule has 108 valence electrons. The van der Waals surface area contributed by atoms with Gasteiger partial charge in [-0.25, -0.2) is 4.39 Å². The van der Waals surface area contributed by atoms with Crippen molar-refractivity contribution in [1.29, 1.82) is 5.26 Å². The minimum absolute atomic E-state index is 0.0831. The van der Waals surface area contributed by atoms with Gasteiger partial charge in [0, 0.05) is 18.4 Å². The molecule has 0 radical (unpaired) electrons. The summed E-state index contributed by atoms with van der Waals surface area (Å²) < 4.78 is 19.7. The summed E-state index contributed by atoms with van der Waals surface area (Å²) in [5, 5.41) is 8.75. The van der Waals surface area contributed by atoms with Crippen molar-refractivity contribution in [3.05, 3.63) is 59.7 Å². The summed E-state index contributed by atoms with van der Waals surface area (Å²) in [4.78, 5) is 3.95. The van der Waals surface area contributed by atoms with Crippen molar-refractivity contribution in [2.45, 2.75) is 25.5 Å². The van der Waals surface area contributed by atoms with Crippen molar-refractivity contribution in [1.82, 2.24) is 4.98 Å². The van der Waals surface area contributed by atoms with Crippen LogP contribution in [0.5, 0.6) is 5.75 Å². The largest absolute Gasteiger partial charge is 0.481 e. The van der Waals surface area contributed by atoms with E-state index in [9.17, 15) is 4.39 Å². The molecule has 0 aliphatic rings. The zero-order valence-corrected chi connectivity index (χ0v) is 11.7. The van der Waals surface area contributed by atoms with Crippen LogP contribution in [-0.4, -0.2) is 11.0 Å². The molecule has 0 saturated carbocycles. The lowest BCUT2D eigenvalue weighted by Crippen LogP contribution is -2.31. The Morgan fingerprint density at radius 2 is 2.05 bits per heavy atom. The van der Waals surface area contributed by atoms with Gasteiger partial charge >= 0.3 is 0 Å². The van der Waals surface area contributed by atoms with E-state index in [2.05, 4.69) is 4.98 Å². The van der Waals surface area contributed by atoms with Crippen LogP contribution in [0.1, 0.15) is 30.6 Å². The van der Waals surface area contributed by atoms with Crippen LogP contribution in [0.3, 0.4) is 0 Å². The summed E-state index contributed by atoms with van der Waals surface area (Å²) in [7, 11) is 0. The van der Waals surface area contributed by atoms with Gasteiger partial charge in [-0.3, -0.25) is 4.98 Å². The van der Waals surface area contributed by atoms with E-state index in [0.717, 1.165) is 11.6 Å². The van der Waals surface area contributed by atoms with E-state index in [4.69, 9.17) is 15.7 Å². The van der Waals surface area contributed by atoms with E-state index in [1.54, 1.807) is 24.5 Å². The molecule has 0 aliphatic heterocycles. The third-order valence-corrected chi connectivity index (χ3v) is 3.21. The second kappa shape index (κ2) is 6.82. The third-order valence-electron chi connectivity index (χ3n) is 3.21. The molecule has 1 heterocycles. The SMILES string of the molecule is CCC(N)C(Oc1ccc(C#N)cc1F)c1ccncc1. The number of hydrogen-bond donors (Lipinski definition) is 1. The fourth-order valence-electron chi connectivity index (χ4n) is 1.97. The molecule has 5 heteroatoms. The van der Waals surface area contributed by atoms with Gasteiger partial charge in [0.25, 0.3) is 0 Å². The van der Waals surface area contributed by atoms with Crippen LogP contribution in [0.2, 0.25) is 0 Å². The minimum Gasteiger partial charge on any atom is -0.481 e. The first-order valence-corrected chi connectivity index (χ1v) is 6.67. The lowest BCUT2D eigenvalue weighted by atomic mass is 10.0. The highest BCUT2D eigenvalue weighted by molar-refractivity contribution is 5.36. The van der Waals surface area contributed by atoms with Gasteiger partial charge in [0.15, 0.2) is 11.6 Å². The first-order chi connectivity index (χ1) is 10.2. The summed E-state index contributed by atoms with van der Waals surface area (Å²) in [5.74, 6) is -0.490. The third kappa shape index (κ3) is 3.56. The van der Waals surface area contributed by atoms with Gasteiger partial charge in [-0.1, -0.05) is 6.92 Å². The highest BCUT2D eigenvalue weighted by Gasteiger charge is 2.22. The smallest absolute Gasteiger partial charge is 0.166 e. The Labute approximate surface area is 123 Å². The predicted octanol–water partition coefficient (Wildman–Crippen LogP) is 2.95. The molecular formula is C16H16FN3O. The Balaban J connectivity index is 2.30. The van der Waals surface area contributed by atoms with Crippen molar-refractivity contribution in [2.75, 3.05) is 0 Å². The van der Waals surface area contributed by atoms with Crippen LogP contribution in [-0.2, 0) is 0 Å². The average Bonchev–Trinajstić information content (AvgIpc) is 2.53. The van der Waals surface area contributed by atoms with Crippen LogP contribution in [0.15, 0.2) is 42.7 Å². The second-order valence-corrected chi connectivity index (χ2v) is 4.65. The molecule has 2 aromatic rings. The van der Waals surface area contributed by atoms with Crippen molar-refractivity contribution in [2.24, 2.45) is 5.73 Å². The molecule has 0 aliphatic carbocycles. The number of aromatic nitrogens is 1. The number of pyridine rings is 1. The monoisotopic (exact) mass is 285 g/mol. The fourth-order valence-corrected chi connectivity index (χ4v) is 1.97. The number of nitriles is 1. The van der Waals surface area contributed by atoms with Gasteiger partial charge in [0.2, 0.25) is 0 Å². The van der Waals surface area contributed by atoms with Crippen LogP contribution in [0.4, 0.5) is 4.39 Å². The lowest BCUT2D eigenvalue weighted by molar-refractivity contribution is 0.163.